The molecule has 0 amide bonds. The second kappa shape index (κ2) is 12.3. The van der Waals surface area contributed by atoms with E-state index < -0.39 is 73.3 Å². The van der Waals surface area contributed by atoms with Gasteiger partial charge in [0.05, 0.1) is 6.42 Å². The van der Waals surface area contributed by atoms with E-state index >= 15 is 0 Å². The number of hydrogen-bond donors (Lipinski definition) is 1. The van der Waals surface area contributed by atoms with Crippen LogP contribution in [0.3, 0.4) is 0 Å². The Labute approximate surface area is 166 Å². The molecule has 0 aromatic rings. The average Bonchev–Trinajstić information content (AvgIpc) is 2.52. The van der Waals surface area contributed by atoms with Crippen LogP contribution in [0.1, 0.15) is 41.0 Å². The van der Waals surface area contributed by atoms with Gasteiger partial charge in [-0.05, 0) is 0 Å². The van der Waals surface area contributed by atoms with Crippen molar-refractivity contribution in [1.29, 1.82) is 0 Å². The first-order valence-corrected chi connectivity index (χ1v) is 8.37. The Bertz CT molecular complexity index is 624. The van der Waals surface area contributed by atoms with Crippen LogP contribution in [0.5, 0.6) is 0 Å². The van der Waals surface area contributed by atoms with Gasteiger partial charge in [-0.25, -0.2) is 0 Å². The lowest BCUT2D eigenvalue weighted by molar-refractivity contribution is -0.203. The van der Waals surface area contributed by atoms with Crippen molar-refractivity contribution < 1.29 is 57.6 Å². The Hall–Kier alpha value is -3.18. The molecule has 0 aromatic heterocycles. The monoisotopic (exact) mass is 420 g/mol. The number of ether oxygens (including phenoxy) is 5. The van der Waals surface area contributed by atoms with Crippen molar-refractivity contribution in [1.82, 2.24) is 0 Å². The number of carbonyl (C=O) groups excluding carboxylic acids is 5. The van der Waals surface area contributed by atoms with Crippen molar-refractivity contribution in [2.24, 2.45) is 0 Å². The molecule has 1 N–H and O–H groups in total. The molecule has 4 atom stereocenters. The third-order valence-corrected chi connectivity index (χ3v) is 3.12. The van der Waals surface area contributed by atoms with Gasteiger partial charge in [0.1, 0.15) is 6.61 Å². The van der Waals surface area contributed by atoms with Gasteiger partial charge in [0, 0.05) is 34.6 Å². The number of esters is 5. The third-order valence-electron chi connectivity index (χ3n) is 3.12. The number of hydrogen-bond acceptors (Lipinski definition) is 11. The van der Waals surface area contributed by atoms with E-state index in [2.05, 4.69) is 0 Å². The van der Waals surface area contributed by atoms with E-state index in [4.69, 9.17) is 28.8 Å². The zero-order valence-corrected chi connectivity index (χ0v) is 16.7. The lowest BCUT2D eigenvalue weighted by Crippen LogP contribution is -2.53. The number of carboxylic acid groups (broad SMARTS) is 1. The van der Waals surface area contributed by atoms with Crippen LogP contribution in [0.2, 0.25) is 0 Å². The minimum Gasteiger partial charge on any atom is -0.481 e. The molecule has 29 heavy (non-hydrogen) atoms. The molecule has 0 fully saturated rings. The van der Waals surface area contributed by atoms with Gasteiger partial charge >= 0.3 is 35.8 Å². The minimum atomic E-state index is -1.68. The predicted molar refractivity (Wildman–Crippen MR) is 91.1 cm³/mol. The van der Waals surface area contributed by atoms with Crippen molar-refractivity contribution >= 4 is 35.8 Å². The highest BCUT2D eigenvalue weighted by Crippen LogP contribution is 2.22. The summed E-state index contributed by atoms with van der Waals surface area (Å²) in [4.78, 5) is 68.4. The minimum absolute atomic E-state index is 0.607. The molecule has 0 saturated heterocycles. The summed E-state index contributed by atoms with van der Waals surface area (Å²) in [5.74, 6) is -5.77. The van der Waals surface area contributed by atoms with Crippen molar-refractivity contribution in [3.8, 4) is 0 Å². The van der Waals surface area contributed by atoms with Gasteiger partial charge in [-0.2, -0.15) is 0 Å². The largest absolute Gasteiger partial charge is 0.481 e. The fourth-order valence-electron chi connectivity index (χ4n) is 2.31. The van der Waals surface area contributed by atoms with Gasteiger partial charge in [-0.3, -0.25) is 28.8 Å². The van der Waals surface area contributed by atoms with E-state index in [9.17, 15) is 28.8 Å². The standard InChI is InChI=1S/C17H24O12/c1-8(18)25-7-14(27-10(3)20)17(29-12(5)22)16(28-11(4)21)13(6-15(23)24)26-9(2)19/h13-14,16-17H,6-7H2,1-5H3,(H,23,24)/t13-,14-,16+,17+/m1/s1. The van der Waals surface area contributed by atoms with Crippen LogP contribution in [0.15, 0.2) is 0 Å². The molecule has 164 valence electrons. The molecule has 0 aliphatic heterocycles. The van der Waals surface area contributed by atoms with E-state index in [0.29, 0.717) is 0 Å². The first kappa shape index (κ1) is 25.8. The van der Waals surface area contributed by atoms with Crippen molar-refractivity contribution in [2.45, 2.75) is 65.5 Å². The van der Waals surface area contributed by atoms with Crippen LogP contribution < -0.4 is 0 Å². The second-order valence-corrected chi connectivity index (χ2v) is 5.84. The fraction of sp³-hybridized carbons (Fsp3) is 0.647. The first-order valence-electron chi connectivity index (χ1n) is 8.37. The Morgan fingerprint density at radius 1 is 0.621 bits per heavy atom. The van der Waals surface area contributed by atoms with E-state index in [-0.39, 0.29) is 0 Å². The van der Waals surface area contributed by atoms with E-state index in [1.165, 1.54) is 0 Å². The first-order chi connectivity index (χ1) is 13.3. The highest BCUT2D eigenvalue weighted by Gasteiger charge is 2.44. The Balaban J connectivity index is 6.20. The Morgan fingerprint density at radius 2 is 1.00 bits per heavy atom. The molecule has 0 bridgehead atoms. The van der Waals surface area contributed by atoms with Crippen LogP contribution >= 0.6 is 0 Å². The zero-order valence-electron chi connectivity index (χ0n) is 16.7. The van der Waals surface area contributed by atoms with Crippen LogP contribution in [0, 0.1) is 0 Å². The molecule has 12 heteroatoms. The van der Waals surface area contributed by atoms with Crippen molar-refractivity contribution in [3.05, 3.63) is 0 Å². The predicted octanol–water partition coefficient (Wildman–Crippen LogP) is -0.249. The summed E-state index contributed by atoms with van der Waals surface area (Å²) in [5, 5.41) is 9.11. The van der Waals surface area contributed by atoms with Gasteiger partial charge in [-0.1, -0.05) is 0 Å². The molecule has 0 aliphatic rings. The molecule has 0 spiro atoms. The maximum absolute atomic E-state index is 11.6. The molecule has 0 heterocycles. The van der Waals surface area contributed by atoms with Crippen LogP contribution in [-0.4, -0.2) is 71.9 Å². The molecule has 0 saturated carbocycles. The summed E-state index contributed by atoms with van der Waals surface area (Å²) < 4.78 is 24.9. The Kier molecular flexibility index (Phi) is 11.0. The number of aliphatic carboxylic acids is 1. The number of carbonyl (C=O) groups is 6. The molecule has 0 unspecified atom stereocenters. The average molecular weight is 420 g/mol. The van der Waals surface area contributed by atoms with E-state index in [1.54, 1.807) is 0 Å². The molecule has 0 aliphatic carbocycles. The van der Waals surface area contributed by atoms with E-state index in [0.717, 1.165) is 34.6 Å². The normalized spacial score (nSPS) is 14.4. The maximum atomic E-state index is 11.6. The maximum Gasteiger partial charge on any atom is 0.307 e. The molecule has 0 rings (SSSR count). The van der Waals surface area contributed by atoms with Gasteiger partial charge in [0.15, 0.2) is 24.4 Å². The summed E-state index contributed by atoms with van der Waals surface area (Å²) in [6, 6.07) is 0. The summed E-state index contributed by atoms with van der Waals surface area (Å²) in [5.41, 5.74) is 0. The van der Waals surface area contributed by atoms with Crippen molar-refractivity contribution in [2.75, 3.05) is 6.61 Å². The van der Waals surface area contributed by atoms with Gasteiger partial charge in [0.25, 0.3) is 0 Å². The number of rotatable bonds is 11. The molecule has 0 aromatic carbocycles. The molecule has 0 radical (unpaired) electrons. The highest BCUT2D eigenvalue weighted by molar-refractivity contribution is 5.71. The molecule has 12 nitrogen and oxygen atoms in total. The highest BCUT2D eigenvalue weighted by atomic mass is 16.6. The van der Waals surface area contributed by atoms with Crippen LogP contribution in [0.4, 0.5) is 0 Å². The van der Waals surface area contributed by atoms with Crippen molar-refractivity contribution in [3.63, 3.8) is 0 Å². The van der Waals surface area contributed by atoms with E-state index in [1.807, 2.05) is 0 Å². The lowest BCUT2D eigenvalue weighted by Gasteiger charge is -2.34. The summed E-state index contributed by atoms with van der Waals surface area (Å²) in [7, 11) is 0. The Morgan fingerprint density at radius 3 is 1.34 bits per heavy atom. The SMILES string of the molecule is CC(=O)OC[C@@H](OC(C)=O)[C@H](OC(C)=O)[C@@H](OC(C)=O)[C@@H](CC(=O)O)OC(C)=O. The zero-order chi connectivity index (χ0) is 22.7. The van der Waals surface area contributed by atoms with Gasteiger partial charge < -0.3 is 28.8 Å². The van der Waals surface area contributed by atoms with Gasteiger partial charge in [0.2, 0.25) is 0 Å². The van der Waals surface area contributed by atoms with Crippen LogP contribution in [-0.2, 0) is 52.5 Å². The summed E-state index contributed by atoms with van der Waals surface area (Å²) >= 11 is 0. The lowest BCUT2D eigenvalue weighted by atomic mass is 9.99. The molecular weight excluding hydrogens is 396 g/mol. The van der Waals surface area contributed by atoms with Crippen LogP contribution in [0.25, 0.3) is 0 Å². The topological polar surface area (TPSA) is 169 Å². The quantitative estimate of drug-likeness (QED) is 0.344. The third kappa shape index (κ3) is 11.3. The number of carboxylic acids is 1. The summed E-state index contributed by atoms with van der Waals surface area (Å²) in [6.07, 6.45) is -7.25. The van der Waals surface area contributed by atoms with Gasteiger partial charge in [-0.15, -0.1) is 0 Å². The summed E-state index contributed by atoms with van der Waals surface area (Å²) in [6.45, 7) is 4.45. The second-order valence-electron chi connectivity index (χ2n) is 5.84. The smallest absolute Gasteiger partial charge is 0.307 e. The fourth-order valence-corrected chi connectivity index (χ4v) is 2.31. The molecular formula is C17H24O12.